The number of nitriles is 1. The zero-order chi connectivity index (χ0) is 11.5. The lowest BCUT2D eigenvalue weighted by Crippen LogP contribution is -2.35. The first-order valence-electron chi connectivity index (χ1n) is 5.19. The average molecular weight is 235 g/mol. The minimum Gasteiger partial charge on any atom is -0.336 e. The molecule has 1 aromatic heterocycles. The van der Waals surface area contributed by atoms with Crippen molar-refractivity contribution in [1.29, 1.82) is 5.26 Å². The first-order valence-corrected chi connectivity index (χ1v) is 6.01. The minimum absolute atomic E-state index is 0.0320. The van der Waals surface area contributed by atoms with Gasteiger partial charge in [-0.05, 0) is 25.6 Å². The van der Waals surface area contributed by atoms with E-state index in [4.69, 9.17) is 5.26 Å². The molecule has 2 heterocycles. The van der Waals surface area contributed by atoms with Gasteiger partial charge in [0.15, 0.2) is 0 Å². The summed E-state index contributed by atoms with van der Waals surface area (Å²) in [4.78, 5) is 15.4. The smallest absolute Gasteiger partial charge is 0.240 e. The van der Waals surface area contributed by atoms with Crippen molar-refractivity contribution in [3.05, 3.63) is 21.9 Å². The third-order valence-electron chi connectivity index (χ3n) is 2.76. The molecular formula is C11H13N3OS. The molecule has 2 rings (SSSR count). The molecule has 0 spiro atoms. The number of nitrogens with zero attached hydrogens (tertiary/aromatic N) is 2. The number of nitrogens with one attached hydrogen (secondary N) is 1. The quantitative estimate of drug-likeness (QED) is 0.848. The summed E-state index contributed by atoms with van der Waals surface area (Å²) in [5.74, 6) is 0.161. The van der Waals surface area contributed by atoms with Gasteiger partial charge in [0.25, 0.3) is 0 Å². The predicted molar refractivity (Wildman–Crippen MR) is 61.9 cm³/mol. The van der Waals surface area contributed by atoms with E-state index in [9.17, 15) is 4.79 Å². The van der Waals surface area contributed by atoms with Gasteiger partial charge in [0, 0.05) is 11.4 Å². The zero-order valence-corrected chi connectivity index (χ0v) is 9.88. The van der Waals surface area contributed by atoms with Crippen LogP contribution in [0.25, 0.3) is 0 Å². The summed E-state index contributed by atoms with van der Waals surface area (Å²) in [6, 6.07) is 5.80. The minimum atomic E-state index is -0.0320. The summed E-state index contributed by atoms with van der Waals surface area (Å²) < 4.78 is 0. The fourth-order valence-electron chi connectivity index (χ4n) is 1.87. The van der Waals surface area contributed by atoms with Crippen LogP contribution in [0.4, 0.5) is 0 Å². The molecule has 0 aliphatic carbocycles. The number of carbonyl (C=O) groups is 1. The third-order valence-corrected chi connectivity index (χ3v) is 3.74. The molecule has 1 N–H and O–H groups in total. The average Bonchev–Trinajstić information content (AvgIpc) is 2.88. The lowest BCUT2D eigenvalue weighted by Gasteiger charge is -2.15. The molecule has 0 bridgehead atoms. The molecule has 1 atom stereocenters. The van der Waals surface area contributed by atoms with Gasteiger partial charge in [-0.3, -0.25) is 4.79 Å². The standard InChI is InChI=1S/C11H13N3OS/c1-13-10-4-5-14(11(10)15)7-9-3-2-8(6-12)16-9/h2-3,10,13H,4-5,7H2,1H3/t10-/m0/s1. The molecule has 0 unspecified atom stereocenters. The van der Waals surface area contributed by atoms with E-state index in [1.54, 1.807) is 6.07 Å². The largest absolute Gasteiger partial charge is 0.336 e. The second-order valence-electron chi connectivity index (χ2n) is 3.77. The number of hydrogen-bond donors (Lipinski definition) is 1. The van der Waals surface area contributed by atoms with E-state index in [-0.39, 0.29) is 11.9 Å². The van der Waals surface area contributed by atoms with Gasteiger partial charge in [0.2, 0.25) is 5.91 Å². The highest BCUT2D eigenvalue weighted by Gasteiger charge is 2.30. The third kappa shape index (κ3) is 2.08. The summed E-state index contributed by atoms with van der Waals surface area (Å²) >= 11 is 1.46. The van der Waals surface area contributed by atoms with E-state index in [1.165, 1.54) is 11.3 Å². The van der Waals surface area contributed by atoms with E-state index < -0.39 is 0 Å². The van der Waals surface area contributed by atoms with Gasteiger partial charge in [-0.1, -0.05) is 0 Å². The summed E-state index contributed by atoms with van der Waals surface area (Å²) in [5, 5.41) is 11.7. The number of thiophene rings is 1. The van der Waals surface area contributed by atoms with E-state index in [2.05, 4.69) is 11.4 Å². The molecule has 1 fully saturated rings. The zero-order valence-electron chi connectivity index (χ0n) is 9.06. The molecule has 0 radical (unpaired) electrons. The second kappa shape index (κ2) is 4.64. The fourth-order valence-corrected chi connectivity index (χ4v) is 2.70. The van der Waals surface area contributed by atoms with Crippen molar-refractivity contribution in [2.75, 3.05) is 13.6 Å². The number of hydrogen-bond acceptors (Lipinski definition) is 4. The molecule has 16 heavy (non-hydrogen) atoms. The van der Waals surface area contributed by atoms with E-state index in [0.29, 0.717) is 11.4 Å². The highest BCUT2D eigenvalue weighted by molar-refractivity contribution is 7.12. The van der Waals surface area contributed by atoms with Crippen molar-refractivity contribution in [3.63, 3.8) is 0 Å². The molecule has 84 valence electrons. The van der Waals surface area contributed by atoms with Crippen molar-refractivity contribution < 1.29 is 4.79 Å². The molecule has 0 aromatic carbocycles. The summed E-state index contributed by atoms with van der Waals surface area (Å²) in [7, 11) is 1.81. The van der Waals surface area contributed by atoms with Crippen LogP contribution in [0.15, 0.2) is 12.1 Å². The van der Waals surface area contributed by atoms with Crippen LogP contribution in [0.2, 0.25) is 0 Å². The highest BCUT2D eigenvalue weighted by Crippen LogP contribution is 2.20. The summed E-state index contributed by atoms with van der Waals surface area (Å²) in [5.41, 5.74) is 0. The van der Waals surface area contributed by atoms with Crippen LogP contribution >= 0.6 is 11.3 Å². The highest BCUT2D eigenvalue weighted by atomic mass is 32.1. The van der Waals surface area contributed by atoms with Crippen molar-refractivity contribution in [3.8, 4) is 6.07 Å². The molecule has 1 aromatic rings. The molecule has 1 aliphatic heterocycles. The van der Waals surface area contributed by atoms with Crippen LogP contribution < -0.4 is 5.32 Å². The summed E-state index contributed by atoms with van der Waals surface area (Å²) in [6.07, 6.45) is 0.867. The monoisotopic (exact) mass is 235 g/mol. The maximum Gasteiger partial charge on any atom is 0.240 e. The molecule has 5 heteroatoms. The van der Waals surface area contributed by atoms with Gasteiger partial charge in [0.05, 0.1) is 12.6 Å². The number of likely N-dealkylation sites (N-methyl/N-ethyl adjacent to an activating group) is 1. The van der Waals surface area contributed by atoms with Crippen molar-refractivity contribution in [2.24, 2.45) is 0 Å². The second-order valence-corrected chi connectivity index (χ2v) is 4.94. The molecule has 1 amide bonds. The van der Waals surface area contributed by atoms with Crippen molar-refractivity contribution in [1.82, 2.24) is 10.2 Å². The lowest BCUT2D eigenvalue weighted by molar-refractivity contribution is -0.129. The number of likely N-dealkylation sites (tertiary alicyclic amines) is 1. The van der Waals surface area contributed by atoms with Crippen molar-refractivity contribution >= 4 is 17.2 Å². The normalized spacial score (nSPS) is 20.1. The van der Waals surface area contributed by atoms with E-state index in [0.717, 1.165) is 17.8 Å². The maximum absolute atomic E-state index is 11.8. The van der Waals surface area contributed by atoms with Crippen LogP contribution in [0, 0.1) is 11.3 Å². The SMILES string of the molecule is CN[C@H]1CCN(Cc2ccc(C#N)s2)C1=O. The Morgan fingerprint density at radius 2 is 2.50 bits per heavy atom. The van der Waals surface area contributed by atoms with Crippen LogP contribution in [0.5, 0.6) is 0 Å². The predicted octanol–water partition coefficient (Wildman–Crippen LogP) is 0.940. The Balaban J connectivity index is 2.01. The first kappa shape index (κ1) is 11.1. The van der Waals surface area contributed by atoms with E-state index >= 15 is 0 Å². The lowest BCUT2D eigenvalue weighted by atomic mass is 10.3. The fraction of sp³-hybridized carbons (Fsp3) is 0.455. The van der Waals surface area contributed by atoms with E-state index in [1.807, 2.05) is 18.0 Å². The van der Waals surface area contributed by atoms with Gasteiger partial charge in [0.1, 0.15) is 10.9 Å². The van der Waals surface area contributed by atoms with Gasteiger partial charge < -0.3 is 10.2 Å². The van der Waals surface area contributed by atoms with Gasteiger partial charge in [-0.15, -0.1) is 11.3 Å². The Morgan fingerprint density at radius 1 is 1.69 bits per heavy atom. The Bertz CT molecular complexity index is 435. The van der Waals surface area contributed by atoms with Gasteiger partial charge in [-0.2, -0.15) is 5.26 Å². The molecule has 0 saturated carbocycles. The number of amides is 1. The van der Waals surface area contributed by atoms with Crippen LogP contribution in [-0.2, 0) is 11.3 Å². The Morgan fingerprint density at radius 3 is 3.06 bits per heavy atom. The van der Waals surface area contributed by atoms with Crippen LogP contribution in [0.3, 0.4) is 0 Å². The molecule has 4 nitrogen and oxygen atoms in total. The molecule has 1 saturated heterocycles. The first-order chi connectivity index (χ1) is 7.74. The van der Waals surface area contributed by atoms with Gasteiger partial charge in [-0.25, -0.2) is 0 Å². The van der Waals surface area contributed by atoms with Crippen molar-refractivity contribution in [2.45, 2.75) is 19.0 Å². The Kier molecular flexibility index (Phi) is 3.22. The molecular weight excluding hydrogens is 222 g/mol. The maximum atomic E-state index is 11.8. The van der Waals surface area contributed by atoms with Crippen LogP contribution in [-0.4, -0.2) is 30.4 Å². The Labute approximate surface area is 98.5 Å². The topological polar surface area (TPSA) is 56.1 Å². The Hall–Kier alpha value is -1.38. The van der Waals surface area contributed by atoms with Crippen LogP contribution in [0.1, 0.15) is 16.2 Å². The number of carbonyl (C=O) groups excluding carboxylic acids is 1. The summed E-state index contributed by atoms with van der Waals surface area (Å²) in [6.45, 7) is 1.42. The van der Waals surface area contributed by atoms with Gasteiger partial charge >= 0.3 is 0 Å². The number of rotatable bonds is 3. The molecule has 1 aliphatic rings.